The van der Waals surface area contributed by atoms with Crippen LogP contribution in [-0.4, -0.2) is 190 Å². The number of nitro benzene ring substituents is 1. The number of H-pyrrole nitrogens is 6. The summed E-state index contributed by atoms with van der Waals surface area (Å²) in [5, 5.41) is 63.6. The molecule has 6 aromatic heterocycles. The van der Waals surface area contributed by atoms with Gasteiger partial charge in [0, 0.05) is 113 Å². The molecule has 24 heteroatoms. The number of rotatable bonds is 43. The smallest absolute Gasteiger partial charge is 0.270 e. The van der Waals surface area contributed by atoms with Gasteiger partial charge in [-0.2, -0.15) is 35.9 Å². The lowest BCUT2D eigenvalue weighted by Crippen LogP contribution is -2.19. The minimum atomic E-state index is -0.382. The lowest BCUT2D eigenvalue weighted by atomic mass is 10.00. The zero-order valence-electron chi connectivity index (χ0n) is 77.4. The predicted octanol–water partition coefficient (Wildman–Crippen LogP) is 21.9. The second kappa shape index (κ2) is 55.8. The maximum atomic E-state index is 10.9. The van der Waals surface area contributed by atoms with Gasteiger partial charge in [-0.1, -0.05) is 185 Å². The zero-order chi connectivity index (χ0) is 89.4. The molecule has 6 heterocycles. The number of nitrogens with zero attached hydrogens (tertiary/aromatic N) is 14. The molecule has 0 fully saturated rings. The molecular formula is C100H142N20O4. The van der Waals surface area contributed by atoms with Crippen molar-refractivity contribution in [2.24, 2.45) is 0 Å². The van der Waals surface area contributed by atoms with E-state index in [0.717, 1.165) is 172 Å². The molecule has 0 aliphatic carbocycles. The van der Waals surface area contributed by atoms with Crippen molar-refractivity contribution in [1.82, 2.24) is 90.6 Å². The third-order valence-corrected chi connectivity index (χ3v) is 21.3. The highest BCUT2D eigenvalue weighted by Gasteiger charge is 2.19. The van der Waals surface area contributed by atoms with Gasteiger partial charge < -0.3 is 38.9 Å². The molecule has 0 saturated carbocycles. The molecular weight excluding hydrogens is 1550 g/mol. The van der Waals surface area contributed by atoms with Crippen molar-refractivity contribution in [3.8, 4) is 85.1 Å². The second-order valence-corrected chi connectivity index (χ2v) is 32.6. The van der Waals surface area contributed by atoms with Crippen molar-refractivity contribution in [3.05, 3.63) is 243 Å². The van der Waals surface area contributed by atoms with Gasteiger partial charge in [-0.05, 0) is 212 Å². The van der Waals surface area contributed by atoms with Crippen LogP contribution in [0.25, 0.3) is 67.5 Å². The largest absolute Gasteiger partial charge is 0.497 e. The van der Waals surface area contributed by atoms with E-state index in [-0.39, 0.29) is 16.7 Å². The fraction of sp³-hybridized carbons (Fsp3) is 0.450. The van der Waals surface area contributed by atoms with Crippen LogP contribution in [0.5, 0.6) is 11.5 Å². The summed E-state index contributed by atoms with van der Waals surface area (Å²) in [6.07, 6.45) is 29.6. The van der Waals surface area contributed by atoms with E-state index in [1.165, 1.54) is 132 Å². The Bertz CT molecular complexity index is 4950. The lowest BCUT2D eigenvalue weighted by Gasteiger charge is -2.16. The number of nitro groups is 1. The summed E-state index contributed by atoms with van der Waals surface area (Å²) in [7, 11) is 14.5. The standard InChI is InChI=1S/C18H27N3O.C18H27N3.C17H25N3.C16H20N4.C16H23N3O.C15H20N4O2/c1-5-6-11-21(4)13-16-12-19-20-18(16)15-7-9-17(10-8-15)22-14(2)3;1-4-6-12-21(3)14-17-13-19-20-18(17)16-10-8-15(7-5-2)9-11-16;1-4-6-11-20(3)13-15-12-18-19-17(15)16-10-8-7-9-14(16)5-2;1-3-4-8-20(2)12-15-11-18-19-16(15)14-7-5-6-13(9-14)10-17;1-4-5-9-19(2)12-14-11-17-18-16(14)13-7-6-8-15(10-13)20-3;1-3-4-8-18(2)11-13-10-16-17-15(13)12-6-5-7-14(9-12)19(20)21/h7-10,12,14H,5-6,11,13H2,1-4H3,(H,19,20);8-11,13H,4-7,12,14H2,1-3H3,(H,19,20);7-10,12H,4-6,11,13H2,1-3H3,(H,18,19);5-7,9,11H,3-4,8,12H2,1-2H3,(H,18,19);6-8,10-11H,4-5,9,12H2,1-3H3,(H,17,18);5-7,9-10H,3-4,8,11H2,1-2H3,(H,16,17). The SMILES string of the molecule is CCCCN(C)Cc1cn[nH]c1-c1ccc(CCC)cc1.CCCCN(C)Cc1cn[nH]c1-c1ccc(OC(C)C)cc1.CCCCN(C)Cc1cn[nH]c1-c1cccc(C#N)c1.CCCCN(C)Cc1cn[nH]c1-c1cccc(OC)c1.CCCCN(C)Cc1cn[nH]c1-c1cccc([N+](=O)[O-])c1.CCCCN(C)Cc1cn[nH]c1-c1ccccc1CC. The van der Waals surface area contributed by atoms with Crippen LogP contribution in [0, 0.1) is 21.4 Å². The fourth-order valence-corrected chi connectivity index (χ4v) is 14.3. The summed E-state index contributed by atoms with van der Waals surface area (Å²) in [4.78, 5) is 24.4. The normalized spacial score (nSPS) is 11.1. The molecule has 0 unspecified atom stereocenters. The molecule has 0 radical (unpaired) electrons. The number of aryl methyl sites for hydroxylation is 2. The third kappa shape index (κ3) is 33.8. The van der Waals surface area contributed by atoms with Gasteiger partial charge >= 0.3 is 0 Å². The van der Waals surface area contributed by atoms with Crippen molar-refractivity contribution < 1.29 is 14.4 Å². The number of methoxy groups -OCH3 is 1. The van der Waals surface area contributed by atoms with Gasteiger partial charge in [-0.15, -0.1) is 0 Å². The molecule has 666 valence electrons. The van der Waals surface area contributed by atoms with Crippen molar-refractivity contribution >= 4 is 5.69 Å². The second-order valence-electron chi connectivity index (χ2n) is 32.6. The van der Waals surface area contributed by atoms with Crippen LogP contribution in [-0.2, 0) is 52.1 Å². The number of hydrogen-bond acceptors (Lipinski definition) is 17. The Kier molecular flexibility index (Phi) is 45.0. The minimum Gasteiger partial charge on any atom is -0.497 e. The van der Waals surface area contributed by atoms with E-state index in [1.807, 2.05) is 105 Å². The highest BCUT2D eigenvalue weighted by molar-refractivity contribution is 5.69. The molecule has 0 saturated heterocycles. The zero-order valence-corrected chi connectivity index (χ0v) is 77.4. The predicted molar refractivity (Wildman–Crippen MR) is 509 cm³/mol. The highest BCUT2D eigenvalue weighted by Crippen LogP contribution is 2.32. The number of nitrogens with one attached hydrogen (secondary N) is 6. The molecule has 0 aliphatic heterocycles. The maximum absolute atomic E-state index is 10.9. The van der Waals surface area contributed by atoms with E-state index in [4.69, 9.17) is 14.7 Å². The Hall–Kier alpha value is -11.2. The molecule has 12 rings (SSSR count). The number of ether oxygens (including phenoxy) is 2. The average molecular weight is 1690 g/mol. The molecule has 0 bridgehead atoms. The Morgan fingerprint density at radius 3 is 1.07 bits per heavy atom. The van der Waals surface area contributed by atoms with Crippen LogP contribution in [0.1, 0.15) is 203 Å². The monoisotopic (exact) mass is 1690 g/mol. The van der Waals surface area contributed by atoms with E-state index in [1.54, 1.807) is 25.4 Å². The molecule has 0 spiro atoms. The Morgan fingerprint density at radius 1 is 0.379 bits per heavy atom. The molecule has 0 amide bonds. The van der Waals surface area contributed by atoms with E-state index < -0.39 is 0 Å². The maximum Gasteiger partial charge on any atom is 0.270 e. The first-order valence-electron chi connectivity index (χ1n) is 44.8. The lowest BCUT2D eigenvalue weighted by molar-refractivity contribution is -0.384. The van der Waals surface area contributed by atoms with E-state index >= 15 is 0 Å². The van der Waals surface area contributed by atoms with Gasteiger partial charge in [-0.3, -0.25) is 40.7 Å². The first-order valence-corrected chi connectivity index (χ1v) is 44.8. The van der Waals surface area contributed by atoms with E-state index in [0.29, 0.717) is 5.56 Å². The number of unbranched alkanes of at least 4 members (excludes halogenated alkanes) is 6. The van der Waals surface area contributed by atoms with Crippen LogP contribution in [0.4, 0.5) is 5.69 Å². The number of benzene rings is 6. The van der Waals surface area contributed by atoms with E-state index in [9.17, 15) is 10.1 Å². The highest BCUT2D eigenvalue weighted by atomic mass is 16.6. The van der Waals surface area contributed by atoms with Crippen LogP contribution in [0.15, 0.2) is 183 Å². The summed E-state index contributed by atoms with van der Waals surface area (Å²) >= 11 is 0. The van der Waals surface area contributed by atoms with Gasteiger partial charge in [0.15, 0.2) is 0 Å². The topological polar surface area (TPSA) is 277 Å². The molecule has 124 heavy (non-hydrogen) atoms. The number of nitriles is 1. The van der Waals surface area contributed by atoms with Crippen LogP contribution >= 0.6 is 0 Å². The summed E-state index contributed by atoms with van der Waals surface area (Å²) in [5.74, 6) is 1.77. The van der Waals surface area contributed by atoms with Crippen molar-refractivity contribution in [3.63, 3.8) is 0 Å². The number of aromatic amines is 6. The van der Waals surface area contributed by atoms with Gasteiger partial charge in [0.2, 0.25) is 0 Å². The van der Waals surface area contributed by atoms with Crippen LogP contribution < -0.4 is 9.47 Å². The number of non-ortho nitro benzene ring substituents is 1. The summed E-state index contributed by atoms with van der Waals surface area (Å²) in [6, 6.07) is 50.1. The molecule has 6 N–H and O–H groups in total. The average Bonchev–Trinajstić information content (AvgIpc) is 1.65. The molecule has 24 nitrogen and oxygen atoms in total. The molecule has 6 aromatic carbocycles. The number of hydrogen-bond donors (Lipinski definition) is 6. The van der Waals surface area contributed by atoms with Gasteiger partial charge in [0.05, 0.1) is 101 Å². The summed E-state index contributed by atoms with van der Waals surface area (Å²) < 4.78 is 11.0. The quantitative estimate of drug-likeness (QED) is 0.0153. The fourth-order valence-electron chi connectivity index (χ4n) is 14.3. The van der Waals surface area contributed by atoms with Crippen molar-refractivity contribution in [1.29, 1.82) is 5.26 Å². The van der Waals surface area contributed by atoms with E-state index in [2.05, 4.69) is 261 Å². The van der Waals surface area contributed by atoms with Gasteiger partial charge in [-0.25, -0.2) is 0 Å². The molecule has 12 aromatic rings. The van der Waals surface area contributed by atoms with Crippen molar-refractivity contribution in [2.75, 3.05) is 88.7 Å². The Balaban J connectivity index is 0.000000204. The van der Waals surface area contributed by atoms with Gasteiger partial charge in [0.1, 0.15) is 11.5 Å². The van der Waals surface area contributed by atoms with Crippen LogP contribution in [0.3, 0.4) is 0 Å². The molecule has 0 aliphatic rings. The van der Waals surface area contributed by atoms with Crippen molar-refractivity contribution in [2.45, 2.75) is 211 Å². The van der Waals surface area contributed by atoms with Crippen LogP contribution in [0.2, 0.25) is 0 Å². The third-order valence-electron chi connectivity index (χ3n) is 21.3. The first kappa shape index (κ1) is 99.9. The summed E-state index contributed by atoms with van der Waals surface area (Å²) in [5.41, 5.74) is 23.7. The number of aromatic nitrogens is 12. The Labute approximate surface area is 739 Å². The first-order chi connectivity index (χ1) is 60.2. The Morgan fingerprint density at radius 2 is 0.718 bits per heavy atom. The summed E-state index contributed by atoms with van der Waals surface area (Å²) in [6.45, 7) is 33.7. The van der Waals surface area contributed by atoms with Gasteiger partial charge in [0.25, 0.3) is 5.69 Å². The minimum absolute atomic E-state index is 0.0902. The molecule has 0 atom stereocenters.